The molecule has 1 nitrogen and oxygen atoms in total. The fraction of sp³-hybridized carbons (Fsp3) is 1.00. The van der Waals surface area contributed by atoms with Crippen LogP contribution >= 0.6 is 0 Å². The van der Waals surface area contributed by atoms with Crippen LogP contribution in [0.3, 0.4) is 0 Å². The van der Waals surface area contributed by atoms with Crippen molar-refractivity contribution in [3.63, 3.8) is 0 Å². The molecule has 0 aromatic rings. The van der Waals surface area contributed by atoms with Crippen LogP contribution in [0.1, 0.15) is 59.3 Å². The van der Waals surface area contributed by atoms with E-state index >= 15 is 0 Å². The van der Waals surface area contributed by atoms with Crippen LogP contribution in [0.15, 0.2) is 0 Å². The fourth-order valence-electron chi connectivity index (χ4n) is 1.49. The van der Waals surface area contributed by atoms with Crippen molar-refractivity contribution in [2.75, 3.05) is 6.61 Å². The van der Waals surface area contributed by atoms with Crippen LogP contribution in [0.5, 0.6) is 0 Å². The van der Waals surface area contributed by atoms with E-state index in [2.05, 4.69) is 20.8 Å². The number of hydrogen-bond acceptors (Lipinski definition) is 1. The van der Waals surface area contributed by atoms with Gasteiger partial charge in [0.05, 0.1) is 6.10 Å². The molecule has 0 saturated carbocycles. The van der Waals surface area contributed by atoms with Gasteiger partial charge in [-0.25, -0.2) is 0 Å². The fourth-order valence-corrected chi connectivity index (χ4v) is 1.49. The van der Waals surface area contributed by atoms with Crippen molar-refractivity contribution in [1.82, 2.24) is 0 Å². The van der Waals surface area contributed by atoms with Gasteiger partial charge in [-0.15, -0.1) is 0 Å². The molecule has 0 aliphatic heterocycles. The second kappa shape index (κ2) is 9.05. The van der Waals surface area contributed by atoms with Crippen molar-refractivity contribution in [3.8, 4) is 0 Å². The van der Waals surface area contributed by atoms with Gasteiger partial charge in [-0.1, -0.05) is 39.5 Å². The summed E-state index contributed by atoms with van der Waals surface area (Å²) in [7, 11) is 0. The molecule has 0 bridgehead atoms. The first-order valence-corrected chi connectivity index (χ1v) is 5.46. The molecule has 0 N–H and O–H groups in total. The molecule has 74 valence electrons. The van der Waals surface area contributed by atoms with Gasteiger partial charge in [0.15, 0.2) is 0 Å². The zero-order chi connectivity index (χ0) is 9.23. The van der Waals surface area contributed by atoms with Crippen LogP contribution in [0.4, 0.5) is 0 Å². The summed E-state index contributed by atoms with van der Waals surface area (Å²) in [4.78, 5) is 0. The number of ether oxygens (including phenoxy) is 1. The molecule has 0 fully saturated rings. The maximum atomic E-state index is 5.63. The Labute approximate surface area is 77.5 Å². The van der Waals surface area contributed by atoms with Crippen LogP contribution in [-0.4, -0.2) is 12.7 Å². The lowest BCUT2D eigenvalue weighted by Crippen LogP contribution is -2.12. The number of rotatable bonds is 8. The molecule has 0 aliphatic rings. The molecule has 0 rings (SSSR count). The van der Waals surface area contributed by atoms with Gasteiger partial charge in [0.25, 0.3) is 0 Å². The van der Waals surface area contributed by atoms with E-state index in [9.17, 15) is 0 Å². The minimum atomic E-state index is 0.534. The lowest BCUT2D eigenvalue weighted by atomic mass is 10.1. The van der Waals surface area contributed by atoms with E-state index in [1.54, 1.807) is 0 Å². The van der Waals surface area contributed by atoms with Crippen LogP contribution in [0.2, 0.25) is 0 Å². The summed E-state index contributed by atoms with van der Waals surface area (Å²) in [5.74, 6) is 0. The van der Waals surface area contributed by atoms with Gasteiger partial charge in [-0.05, 0) is 19.8 Å². The summed E-state index contributed by atoms with van der Waals surface area (Å²) in [5.41, 5.74) is 0. The van der Waals surface area contributed by atoms with Gasteiger partial charge in [0, 0.05) is 6.61 Å². The van der Waals surface area contributed by atoms with Crippen LogP contribution in [0.25, 0.3) is 0 Å². The molecule has 1 unspecified atom stereocenters. The maximum Gasteiger partial charge on any atom is 0.0574 e. The predicted molar refractivity (Wildman–Crippen MR) is 54.5 cm³/mol. The molecule has 1 atom stereocenters. The van der Waals surface area contributed by atoms with E-state index in [1.807, 2.05) is 0 Å². The SMILES string of the molecule is CCCCCC(CCC)OCC. The third-order valence-corrected chi connectivity index (χ3v) is 2.14. The molecule has 12 heavy (non-hydrogen) atoms. The van der Waals surface area contributed by atoms with E-state index in [0.717, 1.165) is 6.61 Å². The molecule has 1 heteroatoms. The number of unbranched alkanes of at least 4 members (excludes halogenated alkanes) is 2. The van der Waals surface area contributed by atoms with Crippen molar-refractivity contribution in [2.45, 2.75) is 65.4 Å². The van der Waals surface area contributed by atoms with E-state index < -0.39 is 0 Å². The molecule has 0 radical (unpaired) electrons. The van der Waals surface area contributed by atoms with Gasteiger partial charge in [-0.2, -0.15) is 0 Å². The average molecular weight is 172 g/mol. The molecule has 0 aliphatic carbocycles. The topological polar surface area (TPSA) is 9.23 Å². The summed E-state index contributed by atoms with van der Waals surface area (Å²) >= 11 is 0. The Kier molecular flexibility index (Phi) is 9.02. The van der Waals surface area contributed by atoms with Crippen molar-refractivity contribution in [1.29, 1.82) is 0 Å². The largest absolute Gasteiger partial charge is 0.379 e. The normalized spacial score (nSPS) is 13.2. The third-order valence-electron chi connectivity index (χ3n) is 2.14. The first-order valence-electron chi connectivity index (χ1n) is 5.46. The van der Waals surface area contributed by atoms with E-state index in [0.29, 0.717) is 6.10 Å². The highest BCUT2D eigenvalue weighted by molar-refractivity contribution is 4.57. The minimum absolute atomic E-state index is 0.534. The zero-order valence-corrected chi connectivity index (χ0v) is 8.94. The lowest BCUT2D eigenvalue weighted by molar-refractivity contribution is 0.0485. The zero-order valence-electron chi connectivity index (χ0n) is 8.94. The highest BCUT2D eigenvalue weighted by Crippen LogP contribution is 2.11. The quantitative estimate of drug-likeness (QED) is 0.506. The standard InChI is InChI=1S/C11H24O/c1-4-7-8-10-11(9-5-2)12-6-3/h11H,4-10H2,1-3H3. The Bertz CT molecular complexity index is 75.1. The highest BCUT2D eigenvalue weighted by atomic mass is 16.5. The van der Waals surface area contributed by atoms with Gasteiger partial charge < -0.3 is 4.74 Å². The van der Waals surface area contributed by atoms with Crippen molar-refractivity contribution < 1.29 is 4.74 Å². The number of hydrogen-bond donors (Lipinski definition) is 0. The smallest absolute Gasteiger partial charge is 0.0574 e. The Morgan fingerprint density at radius 3 is 2.17 bits per heavy atom. The minimum Gasteiger partial charge on any atom is -0.379 e. The summed E-state index contributed by atoms with van der Waals surface area (Å²) in [6.07, 6.45) is 8.27. The van der Waals surface area contributed by atoms with Gasteiger partial charge in [-0.3, -0.25) is 0 Å². The summed E-state index contributed by atoms with van der Waals surface area (Å²) in [6.45, 7) is 7.43. The van der Waals surface area contributed by atoms with Gasteiger partial charge >= 0.3 is 0 Å². The molecule has 0 spiro atoms. The van der Waals surface area contributed by atoms with Crippen molar-refractivity contribution in [3.05, 3.63) is 0 Å². The molecule has 0 amide bonds. The average Bonchev–Trinajstić information content (AvgIpc) is 2.06. The molecule has 0 saturated heterocycles. The summed E-state index contributed by atoms with van der Waals surface area (Å²) in [6, 6.07) is 0. The summed E-state index contributed by atoms with van der Waals surface area (Å²) < 4.78 is 5.63. The first kappa shape index (κ1) is 12.0. The summed E-state index contributed by atoms with van der Waals surface area (Å²) in [5, 5.41) is 0. The van der Waals surface area contributed by atoms with E-state index in [1.165, 1.54) is 38.5 Å². The predicted octanol–water partition coefficient (Wildman–Crippen LogP) is 3.77. The van der Waals surface area contributed by atoms with E-state index in [4.69, 9.17) is 4.74 Å². The first-order chi connectivity index (χ1) is 5.85. The Balaban J connectivity index is 3.34. The van der Waals surface area contributed by atoms with Gasteiger partial charge in [0.2, 0.25) is 0 Å². The maximum absolute atomic E-state index is 5.63. The Hall–Kier alpha value is -0.0400. The van der Waals surface area contributed by atoms with Crippen LogP contribution < -0.4 is 0 Å². The van der Waals surface area contributed by atoms with Gasteiger partial charge in [0.1, 0.15) is 0 Å². The van der Waals surface area contributed by atoms with E-state index in [-0.39, 0.29) is 0 Å². The molecule has 0 heterocycles. The molecular weight excluding hydrogens is 148 g/mol. The Morgan fingerprint density at radius 1 is 0.917 bits per heavy atom. The molecule has 0 aromatic heterocycles. The van der Waals surface area contributed by atoms with Crippen LogP contribution in [-0.2, 0) is 4.74 Å². The monoisotopic (exact) mass is 172 g/mol. The molecular formula is C11H24O. The second-order valence-electron chi connectivity index (χ2n) is 3.36. The van der Waals surface area contributed by atoms with Crippen molar-refractivity contribution in [2.24, 2.45) is 0 Å². The third kappa shape index (κ3) is 6.66. The van der Waals surface area contributed by atoms with Crippen molar-refractivity contribution >= 4 is 0 Å². The van der Waals surface area contributed by atoms with Crippen LogP contribution in [0, 0.1) is 0 Å². The molecule has 0 aromatic carbocycles. The lowest BCUT2D eigenvalue weighted by Gasteiger charge is -2.15. The second-order valence-corrected chi connectivity index (χ2v) is 3.36. The highest BCUT2D eigenvalue weighted by Gasteiger charge is 2.05. The Morgan fingerprint density at radius 2 is 1.67 bits per heavy atom.